The number of hydrogen-bond donors (Lipinski definition) is 1. The topological polar surface area (TPSA) is 107 Å². The third-order valence-corrected chi connectivity index (χ3v) is 6.15. The molecule has 4 heterocycles. The van der Waals surface area contributed by atoms with Gasteiger partial charge in [-0.2, -0.15) is 5.10 Å². The number of H-pyrrole nitrogens is 1. The Balaban J connectivity index is 1.24. The van der Waals surface area contributed by atoms with Crippen LogP contribution in [0.2, 0.25) is 0 Å². The van der Waals surface area contributed by atoms with Gasteiger partial charge in [-0.3, -0.25) is 0 Å². The molecule has 2 aliphatic heterocycles. The molecule has 0 radical (unpaired) electrons. The summed E-state index contributed by atoms with van der Waals surface area (Å²) in [5.74, 6) is -1.33. The van der Waals surface area contributed by atoms with Crippen molar-refractivity contribution in [3.8, 4) is 11.4 Å². The normalized spacial score (nSPS) is 17.5. The first-order chi connectivity index (χ1) is 17.4. The van der Waals surface area contributed by atoms with Crippen molar-refractivity contribution in [2.24, 2.45) is 5.10 Å². The molecule has 1 aromatic carbocycles. The number of aromatic amines is 1. The van der Waals surface area contributed by atoms with E-state index in [1.807, 2.05) is 4.90 Å². The largest absolute Gasteiger partial charge is 0.465 e. The lowest BCUT2D eigenvalue weighted by Crippen LogP contribution is -2.52. The minimum absolute atomic E-state index is 0.325. The smallest absolute Gasteiger partial charge is 0.341 e. The Morgan fingerprint density at radius 1 is 1.08 bits per heavy atom. The number of rotatable bonds is 4. The minimum Gasteiger partial charge on any atom is -0.465 e. The highest BCUT2D eigenvalue weighted by Gasteiger charge is 2.34. The number of benzene rings is 1. The van der Waals surface area contributed by atoms with E-state index in [1.54, 1.807) is 35.6 Å². The van der Waals surface area contributed by atoms with E-state index in [1.165, 1.54) is 24.3 Å². The first-order valence-corrected chi connectivity index (χ1v) is 11.3. The van der Waals surface area contributed by atoms with Gasteiger partial charge in [0.2, 0.25) is 5.95 Å². The average Bonchev–Trinajstić information content (AvgIpc) is 3.58. The number of carbonyl (C=O) groups is 2. The van der Waals surface area contributed by atoms with E-state index < -0.39 is 23.6 Å². The number of aromatic nitrogens is 3. The predicted octanol–water partition coefficient (Wildman–Crippen LogP) is 3.21. The van der Waals surface area contributed by atoms with Crippen LogP contribution in [0.25, 0.3) is 11.4 Å². The van der Waals surface area contributed by atoms with Crippen LogP contribution in [0.15, 0.2) is 47.8 Å². The summed E-state index contributed by atoms with van der Waals surface area (Å²) in [6.07, 6.45) is 5.15. The van der Waals surface area contributed by atoms with Crippen molar-refractivity contribution in [3.63, 3.8) is 0 Å². The van der Waals surface area contributed by atoms with E-state index in [2.05, 4.69) is 20.1 Å². The van der Waals surface area contributed by atoms with Crippen molar-refractivity contribution in [3.05, 3.63) is 65.5 Å². The van der Waals surface area contributed by atoms with E-state index in [-0.39, 0.29) is 6.03 Å². The third kappa shape index (κ3) is 4.61. The van der Waals surface area contributed by atoms with E-state index in [0.717, 1.165) is 6.07 Å². The maximum atomic E-state index is 13.7. The molecule has 1 saturated heterocycles. The Morgan fingerprint density at radius 3 is 2.56 bits per heavy atom. The lowest BCUT2D eigenvalue weighted by molar-refractivity contribution is 0.0601. The van der Waals surface area contributed by atoms with Crippen molar-refractivity contribution in [2.45, 2.75) is 12.5 Å². The molecule has 0 unspecified atom stereocenters. The number of urea groups is 1. The van der Waals surface area contributed by atoms with Gasteiger partial charge in [-0.1, -0.05) is 0 Å². The molecule has 3 aromatic rings. The van der Waals surface area contributed by atoms with Crippen molar-refractivity contribution in [1.29, 1.82) is 0 Å². The van der Waals surface area contributed by atoms with Crippen molar-refractivity contribution in [2.75, 3.05) is 38.2 Å². The van der Waals surface area contributed by atoms with E-state index in [4.69, 9.17) is 4.74 Å². The summed E-state index contributed by atoms with van der Waals surface area (Å²) in [4.78, 5) is 40.5. The Morgan fingerprint density at radius 2 is 1.83 bits per heavy atom. The van der Waals surface area contributed by atoms with Gasteiger partial charge in [0, 0.05) is 57.3 Å². The Labute approximate surface area is 205 Å². The minimum atomic E-state index is -0.694. The second kappa shape index (κ2) is 9.72. The lowest BCUT2D eigenvalue weighted by Gasteiger charge is -2.37. The number of hydrazone groups is 1. The number of piperazine rings is 1. The molecule has 1 N–H and O–H groups in total. The van der Waals surface area contributed by atoms with E-state index in [9.17, 15) is 18.4 Å². The number of methoxy groups -OCH3 is 1. The molecule has 2 amide bonds. The summed E-state index contributed by atoms with van der Waals surface area (Å²) in [6.45, 7) is 1.78. The summed E-state index contributed by atoms with van der Waals surface area (Å²) < 4.78 is 32.2. The molecule has 10 nitrogen and oxygen atoms in total. The molecule has 186 valence electrons. The van der Waals surface area contributed by atoms with Gasteiger partial charge in [0.1, 0.15) is 11.6 Å². The first kappa shape index (κ1) is 23.4. The maximum Gasteiger partial charge on any atom is 0.341 e. The average molecular weight is 495 g/mol. The van der Waals surface area contributed by atoms with Gasteiger partial charge in [0.15, 0.2) is 0 Å². The summed E-state index contributed by atoms with van der Waals surface area (Å²) in [7, 11) is 1.32. The number of ether oxygens (including phenoxy) is 1. The van der Waals surface area contributed by atoms with Gasteiger partial charge in [0.25, 0.3) is 0 Å². The van der Waals surface area contributed by atoms with Crippen LogP contribution in [0, 0.1) is 11.6 Å². The van der Waals surface area contributed by atoms with Crippen molar-refractivity contribution < 1.29 is 23.1 Å². The monoisotopic (exact) mass is 495 g/mol. The van der Waals surface area contributed by atoms with Crippen LogP contribution in [-0.4, -0.2) is 76.4 Å². The molecular weight excluding hydrogens is 472 g/mol. The van der Waals surface area contributed by atoms with Crippen LogP contribution < -0.4 is 4.90 Å². The summed E-state index contributed by atoms with van der Waals surface area (Å²) in [6, 6.07) is 5.76. The van der Waals surface area contributed by atoms with Crippen molar-refractivity contribution in [1.82, 2.24) is 24.9 Å². The van der Waals surface area contributed by atoms with Crippen LogP contribution in [0.1, 0.15) is 28.4 Å². The fraction of sp³-hybridized carbons (Fsp3) is 0.292. The molecule has 0 aliphatic carbocycles. The summed E-state index contributed by atoms with van der Waals surface area (Å²) >= 11 is 0. The van der Waals surface area contributed by atoms with Crippen LogP contribution in [0.5, 0.6) is 0 Å². The SMILES string of the molecule is COC(=O)c1c[nH]c(-c2ccnc(N3CCN(C(=O)N4N=CC[C@H]4c4cc(F)cc(F)c4)CC3)n2)c1. The number of hydrogen-bond acceptors (Lipinski definition) is 7. The molecule has 0 saturated carbocycles. The highest BCUT2D eigenvalue weighted by molar-refractivity contribution is 5.90. The zero-order chi connectivity index (χ0) is 25.2. The Bertz CT molecular complexity index is 1300. The molecule has 36 heavy (non-hydrogen) atoms. The predicted molar refractivity (Wildman–Crippen MR) is 126 cm³/mol. The molecule has 2 aromatic heterocycles. The fourth-order valence-corrected chi connectivity index (χ4v) is 4.31. The molecule has 1 fully saturated rings. The zero-order valence-electron chi connectivity index (χ0n) is 19.4. The Kier molecular flexibility index (Phi) is 6.32. The number of nitrogens with one attached hydrogen (secondary N) is 1. The number of carbonyl (C=O) groups excluding carboxylic acids is 2. The van der Waals surface area contributed by atoms with Crippen LogP contribution in [0.3, 0.4) is 0 Å². The van der Waals surface area contributed by atoms with Gasteiger partial charge >= 0.3 is 12.0 Å². The quantitative estimate of drug-likeness (QED) is 0.557. The summed E-state index contributed by atoms with van der Waals surface area (Å²) in [5, 5.41) is 5.45. The lowest BCUT2D eigenvalue weighted by atomic mass is 10.0. The van der Waals surface area contributed by atoms with E-state index >= 15 is 0 Å². The number of nitrogens with zero attached hydrogens (tertiary/aromatic N) is 6. The molecule has 5 rings (SSSR count). The molecule has 2 aliphatic rings. The maximum absolute atomic E-state index is 13.7. The van der Waals surface area contributed by atoms with Crippen LogP contribution in [-0.2, 0) is 4.74 Å². The molecule has 12 heteroatoms. The summed E-state index contributed by atoms with van der Waals surface area (Å²) in [5.41, 5.74) is 2.02. The Hall–Kier alpha value is -4.35. The highest BCUT2D eigenvalue weighted by Crippen LogP contribution is 2.30. The number of esters is 1. The van der Waals surface area contributed by atoms with Crippen LogP contribution in [0.4, 0.5) is 19.5 Å². The first-order valence-electron chi connectivity index (χ1n) is 11.3. The van der Waals surface area contributed by atoms with Gasteiger partial charge in [-0.05, 0) is 29.8 Å². The molecule has 1 atom stereocenters. The van der Waals surface area contributed by atoms with Crippen molar-refractivity contribution >= 4 is 24.2 Å². The molecular formula is C24H23F2N7O3. The second-order valence-electron chi connectivity index (χ2n) is 8.39. The number of amides is 2. The molecule has 0 spiro atoms. The molecule has 0 bridgehead atoms. The van der Waals surface area contributed by atoms with Gasteiger partial charge < -0.3 is 19.5 Å². The van der Waals surface area contributed by atoms with E-state index in [0.29, 0.717) is 61.1 Å². The third-order valence-electron chi connectivity index (χ3n) is 6.15. The number of anilines is 1. The van der Waals surface area contributed by atoms with Crippen LogP contribution >= 0.6 is 0 Å². The number of halogens is 2. The van der Waals surface area contributed by atoms with Gasteiger partial charge in [-0.15, -0.1) is 0 Å². The zero-order valence-corrected chi connectivity index (χ0v) is 19.4. The second-order valence-corrected chi connectivity index (χ2v) is 8.39. The van der Waals surface area contributed by atoms with Gasteiger partial charge in [0.05, 0.1) is 30.1 Å². The standard InChI is InChI=1S/C24H23F2N7O3/c1-36-22(34)16-12-20(28-14-16)19-2-4-27-23(30-19)31-6-8-32(9-7-31)24(35)33-21(3-5-29-33)15-10-17(25)13-18(26)11-15/h2,4-5,10-14,21,28H,3,6-9H2,1H3/t21-/m0/s1. The fourth-order valence-electron chi connectivity index (χ4n) is 4.31. The van der Waals surface area contributed by atoms with Gasteiger partial charge in [-0.25, -0.2) is 33.3 Å². The highest BCUT2D eigenvalue weighted by atomic mass is 19.1.